The van der Waals surface area contributed by atoms with Gasteiger partial charge in [-0.2, -0.15) is 0 Å². The minimum absolute atomic E-state index is 0.107. The molecule has 0 saturated carbocycles. The Morgan fingerprint density at radius 3 is 2.59 bits per heavy atom. The molecule has 0 bridgehead atoms. The average molecular weight is 298 g/mol. The predicted molar refractivity (Wildman–Crippen MR) is 85.2 cm³/mol. The van der Waals surface area contributed by atoms with Gasteiger partial charge >= 0.3 is 0 Å². The number of nitrogens with one attached hydrogen (secondary N) is 2. The van der Waals surface area contributed by atoms with Crippen LogP contribution in [-0.4, -0.2) is 24.2 Å². The number of hydrogen-bond donors (Lipinski definition) is 3. The van der Waals surface area contributed by atoms with Crippen LogP contribution in [0.4, 0.5) is 11.4 Å². The molecule has 0 atom stereocenters. The maximum absolute atomic E-state index is 12.0. The minimum atomic E-state index is -0.293. The highest BCUT2D eigenvalue weighted by Crippen LogP contribution is 2.19. The highest BCUT2D eigenvalue weighted by atomic mass is 16.3. The molecule has 114 valence electrons. The lowest BCUT2D eigenvalue weighted by molar-refractivity contribution is 0.0945. The molecule has 3 N–H and O–H groups in total. The fourth-order valence-electron chi connectivity index (χ4n) is 1.78. The van der Waals surface area contributed by atoms with Gasteiger partial charge in [0.1, 0.15) is 5.69 Å². The summed E-state index contributed by atoms with van der Waals surface area (Å²) < 4.78 is 0. The number of nitrogens with zero attached hydrogens (tertiary/aromatic N) is 2. The first kappa shape index (κ1) is 15.7. The summed E-state index contributed by atoms with van der Waals surface area (Å²) in [6.07, 6.45) is 0. The largest absolute Gasteiger partial charge is 0.395 e. The molecule has 0 saturated heterocycles. The third-order valence-electron chi connectivity index (χ3n) is 2.93. The second-order valence-electron chi connectivity index (χ2n) is 4.67. The van der Waals surface area contributed by atoms with E-state index >= 15 is 0 Å². The molecule has 0 fully saturated rings. The van der Waals surface area contributed by atoms with E-state index in [1.54, 1.807) is 24.3 Å². The zero-order valence-corrected chi connectivity index (χ0v) is 12.3. The summed E-state index contributed by atoms with van der Waals surface area (Å²) in [6.45, 7) is 2.10. The maximum atomic E-state index is 12.0. The topological polar surface area (TPSA) is 86.1 Å². The number of carbonyl (C=O) groups is 1. The second kappa shape index (κ2) is 7.90. The van der Waals surface area contributed by atoms with Gasteiger partial charge in [0.2, 0.25) is 0 Å². The maximum Gasteiger partial charge on any atom is 0.253 e. The van der Waals surface area contributed by atoms with Gasteiger partial charge in [-0.3, -0.25) is 10.2 Å². The number of rotatable bonds is 6. The van der Waals surface area contributed by atoms with Crippen molar-refractivity contribution in [1.29, 1.82) is 0 Å². The van der Waals surface area contributed by atoms with Gasteiger partial charge < -0.3 is 10.4 Å². The Labute approximate surface area is 128 Å². The highest BCUT2D eigenvalue weighted by Gasteiger charge is 2.09. The summed E-state index contributed by atoms with van der Waals surface area (Å²) in [5.41, 5.74) is 5.66. The molecule has 0 aliphatic carbocycles. The number of benzene rings is 2. The van der Waals surface area contributed by atoms with E-state index in [4.69, 9.17) is 5.11 Å². The van der Waals surface area contributed by atoms with Crippen LogP contribution in [0.3, 0.4) is 0 Å². The Kier molecular flexibility index (Phi) is 5.62. The second-order valence-corrected chi connectivity index (χ2v) is 4.67. The van der Waals surface area contributed by atoms with E-state index in [1.165, 1.54) is 0 Å². The smallest absolute Gasteiger partial charge is 0.253 e. The third-order valence-corrected chi connectivity index (χ3v) is 2.93. The van der Waals surface area contributed by atoms with Crippen molar-refractivity contribution in [2.75, 3.05) is 18.6 Å². The molecule has 22 heavy (non-hydrogen) atoms. The van der Waals surface area contributed by atoms with Gasteiger partial charge in [0.05, 0.1) is 17.9 Å². The van der Waals surface area contributed by atoms with E-state index < -0.39 is 0 Å². The van der Waals surface area contributed by atoms with E-state index in [9.17, 15) is 4.79 Å². The predicted octanol–water partition coefficient (Wildman–Crippen LogP) is 2.83. The first-order valence-electron chi connectivity index (χ1n) is 6.92. The molecule has 6 nitrogen and oxygen atoms in total. The van der Waals surface area contributed by atoms with E-state index in [-0.39, 0.29) is 19.1 Å². The zero-order valence-electron chi connectivity index (χ0n) is 12.3. The van der Waals surface area contributed by atoms with Crippen LogP contribution in [0, 0.1) is 6.92 Å². The van der Waals surface area contributed by atoms with Gasteiger partial charge in [0, 0.05) is 6.54 Å². The van der Waals surface area contributed by atoms with Crippen LogP contribution in [-0.2, 0) is 0 Å². The van der Waals surface area contributed by atoms with Gasteiger partial charge in [-0.25, -0.2) is 0 Å². The first-order chi connectivity index (χ1) is 10.7. The molecule has 0 spiro atoms. The van der Waals surface area contributed by atoms with Crippen molar-refractivity contribution in [3.8, 4) is 0 Å². The molecule has 6 heteroatoms. The lowest BCUT2D eigenvalue weighted by atomic mass is 10.1. The van der Waals surface area contributed by atoms with Gasteiger partial charge in [-0.05, 0) is 31.2 Å². The summed E-state index contributed by atoms with van der Waals surface area (Å²) in [6, 6.07) is 14.6. The summed E-state index contributed by atoms with van der Waals surface area (Å²) in [5, 5.41) is 19.3. The van der Waals surface area contributed by atoms with Crippen molar-refractivity contribution in [2.24, 2.45) is 10.3 Å². The Morgan fingerprint density at radius 1 is 1.14 bits per heavy atom. The van der Waals surface area contributed by atoms with Gasteiger partial charge in [-0.1, -0.05) is 35.1 Å². The van der Waals surface area contributed by atoms with E-state index in [0.717, 1.165) is 11.3 Å². The SMILES string of the molecule is Cc1ccc(NN=Nc2ccccc2C(=O)NCCO)cc1. The van der Waals surface area contributed by atoms with Crippen molar-refractivity contribution < 1.29 is 9.90 Å². The Morgan fingerprint density at radius 2 is 1.86 bits per heavy atom. The Hall–Kier alpha value is -2.73. The van der Waals surface area contributed by atoms with Crippen molar-refractivity contribution >= 4 is 17.3 Å². The molecule has 2 aromatic rings. The molecule has 0 aliphatic heterocycles. The molecular formula is C16H18N4O2. The fourth-order valence-corrected chi connectivity index (χ4v) is 1.78. The van der Waals surface area contributed by atoms with Crippen LogP contribution in [0.15, 0.2) is 58.9 Å². The Balaban J connectivity index is 2.07. The number of hydrogen-bond acceptors (Lipinski definition) is 4. The van der Waals surface area contributed by atoms with Gasteiger partial charge in [-0.15, -0.1) is 5.11 Å². The number of aliphatic hydroxyl groups excluding tert-OH is 1. The highest BCUT2D eigenvalue weighted by molar-refractivity contribution is 5.98. The van der Waals surface area contributed by atoms with E-state index in [1.807, 2.05) is 31.2 Å². The number of carbonyl (C=O) groups excluding carboxylic acids is 1. The lowest BCUT2D eigenvalue weighted by Crippen LogP contribution is -2.26. The van der Waals surface area contributed by atoms with E-state index in [0.29, 0.717) is 11.3 Å². The molecule has 0 aromatic heterocycles. The monoisotopic (exact) mass is 298 g/mol. The van der Waals surface area contributed by atoms with Crippen molar-refractivity contribution in [2.45, 2.75) is 6.92 Å². The third kappa shape index (κ3) is 4.39. The molecule has 0 radical (unpaired) electrons. The number of aliphatic hydroxyl groups is 1. The molecule has 0 aliphatic rings. The summed E-state index contributed by atoms with van der Waals surface area (Å²) >= 11 is 0. The number of aryl methyl sites for hydroxylation is 1. The molecule has 0 unspecified atom stereocenters. The standard InChI is InChI=1S/C16H18N4O2/c1-12-6-8-13(9-7-12)18-20-19-15-5-3-2-4-14(15)16(22)17-10-11-21/h2-9,21H,10-11H2,1H3,(H,17,22)(H,18,19). The van der Waals surface area contributed by atoms with Crippen LogP contribution in [0.2, 0.25) is 0 Å². The molecule has 1 amide bonds. The lowest BCUT2D eigenvalue weighted by Gasteiger charge is -2.05. The zero-order chi connectivity index (χ0) is 15.8. The summed E-state index contributed by atoms with van der Waals surface area (Å²) in [5.74, 6) is -0.293. The summed E-state index contributed by atoms with van der Waals surface area (Å²) in [4.78, 5) is 12.0. The number of amides is 1. The van der Waals surface area contributed by atoms with Crippen LogP contribution in [0.5, 0.6) is 0 Å². The van der Waals surface area contributed by atoms with Crippen LogP contribution in [0.25, 0.3) is 0 Å². The molecule has 2 aromatic carbocycles. The quantitative estimate of drug-likeness (QED) is 0.566. The van der Waals surface area contributed by atoms with Crippen LogP contribution in [0.1, 0.15) is 15.9 Å². The van der Waals surface area contributed by atoms with Gasteiger partial charge in [0.25, 0.3) is 5.91 Å². The van der Waals surface area contributed by atoms with Gasteiger partial charge in [0.15, 0.2) is 0 Å². The van der Waals surface area contributed by atoms with Crippen molar-refractivity contribution in [3.05, 3.63) is 59.7 Å². The van der Waals surface area contributed by atoms with Crippen LogP contribution < -0.4 is 10.7 Å². The summed E-state index contributed by atoms with van der Waals surface area (Å²) in [7, 11) is 0. The Bertz CT molecular complexity index is 653. The number of anilines is 1. The molecular weight excluding hydrogens is 280 g/mol. The van der Waals surface area contributed by atoms with E-state index in [2.05, 4.69) is 21.1 Å². The van der Waals surface area contributed by atoms with Crippen molar-refractivity contribution in [1.82, 2.24) is 5.32 Å². The van der Waals surface area contributed by atoms with Crippen molar-refractivity contribution in [3.63, 3.8) is 0 Å². The normalized spacial score (nSPS) is 10.6. The minimum Gasteiger partial charge on any atom is -0.395 e. The van der Waals surface area contributed by atoms with Crippen LogP contribution >= 0.6 is 0 Å². The fraction of sp³-hybridized carbons (Fsp3) is 0.188. The molecule has 2 rings (SSSR count). The average Bonchev–Trinajstić information content (AvgIpc) is 2.55. The molecule has 0 heterocycles. The first-order valence-corrected chi connectivity index (χ1v) is 6.92.